The SMILES string of the molecule is O=C(O)c1ccccc1Sc1ccccc1-c1nccc(-c2cc3n(n2)CCNC3=O)n1. The molecule has 8 nitrogen and oxygen atoms in total. The first kappa shape index (κ1) is 20.0. The molecule has 0 saturated heterocycles. The van der Waals surface area contributed by atoms with E-state index in [2.05, 4.69) is 15.4 Å². The van der Waals surface area contributed by atoms with Crippen molar-refractivity contribution in [3.05, 3.63) is 78.1 Å². The highest BCUT2D eigenvalue weighted by molar-refractivity contribution is 7.99. The van der Waals surface area contributed by atoms with Gasteiger partial charge in [0.1, 0.15) is 11.4 Å². The van der Waals surface area contributed by atoms with Crippen molar-refractivity contribution < 1.29 is 14.7 Å². The fourth-order valence-corrected chi connectivity index (χ4v) is 4.55. The lowest BCUT2D eigenvalue weighted by Crippen LogP contribution is -2.35. The van der Waals surface area contributed by atoms with Crippen molar-refractivity contribution in [2.24, 2.45) is 0 Å². The molecule has 0 spiro atoms. The molecule has 0 radical (unpaired) electrons. The Morgan fingerprint density at radius 1 is 1.03 bits per heavy atom. The molecule has 2 aromatic carbocycles. The number of aromatic carboxylic acids is 1. The van der Waals surface area contributed by atoms with Crippen molar-refractivity contribution in [3.63, 3.8) is 0 Å². The number of fused-ring (bicyclic) bond motifs is 1. The lowest BCUT2D eigenvalue weighted by Gasteiger charge is -2.13. The molecule has 9 heteroatoms. The van der Waals surface area contributed by atoms with E-state index >= 15 is 0 Å². The summed E-state index contributed by atoms with van der Waals surface area (Å²) < 4.78 is 1.68. The zero-order valence-corrected chi connectivity index (χ0v) is 17.5. The number of hydrogen-bond acceptors (Lipinski definition) is 6. The van der Waals surface area contributed by atoms with Crippen LogP contribution < -0.4 is 5.32 Å². The number of nitrogens with zero attached hydrogens (tertiary/aromatic N) is 4. The van der Waals surface area contributed by atoms with Gasteiger partial charge in [0.25, 0.3) is 5.91 Å². The minimum absolute atomic E-state index is 0.150. The third-order valence-corrected chi connectivity index (χ3v) is 6.16. The maximum absolute atomic E-state index is 12.1. The number of hydrogen-bond donors (Lipinski definition) is 2. The van der Waals surface area contributed by atoms with E-state index in [0.717, 1.165) is 10.5 Å². The number of carboxylic acids is 1. The molecule has 0 fully saturated rings. The van der Waals surface area contributed by atoms with Crippen molar-refractivity contribution in [2.45, 2.75) is 16.3 Å². The van der Waals surface area contributed by atoms with Crippen LogP contribution in [0.4, 0.5) is 0 Å². The summed E-state index contributed by atoms with van der Waals surface area (Å²) >= 11 is 1.35. The Labute approximate surface area is 187 Å². The fraction of sp³-hybridized carbons (Fsp3) is 0.0870. The van der Waals surface area contributed by atoms with E-state index in [1.54, 1.807) is 41.2 Å². The molecule has 0 atom stereocenters. The summed E-state index contributed by atoms with van der Waals surface area (Å²) in [7, 11) is 0. The van der Waals surface area contributed by atoms with Crippen molar-refractivity contribution in [1.82, 2.24) is 25.1 Å². The molecule has 1 aliphatic rings. The van der Waals surface area contributed by atoms with Crippen LogP contribution in [-0.4, -0.2) is 43.3 Å². The number of carboxylic acid groups (broad SMARTS) is 1. The fourth-order valence-electron chi connectivity index (χ4n) is 3.48. The second-order valence-electron chi connectivity index (χ2n) is 7.06. The van der Waals surface area contributed by atoms with Crippen LogP contribution in [0.15, 0.2) is 76.7 Å². The van der Waals surface area contributed by atoms with Crippen LogP contribution >= 0.6 is 11.8 Å². The molecule has 0 saturated carbocycles. The molecule has 0 unspecified atom stereocenters. The van der Waals surface area contributed by atoms with Gasteiger partial charge in [-0.2, -0.15) is 5.10 Å². The number of carbonyl (C=O) groups is 2. The van der Waals surface area contributed by atoms with Gasteiger partial charge in [0.05, 0.1) is 17.8 Å². The molecule has 1 aliphatic heterocycles. The van der Waals surface area contributed by atoms with Gasteiger partial charge in [-0.3, -0.25) is 9.48 Å². The Morgan fingerprint density at radius 2 is 1.81 bits per heavy atom. The molecule has 158 valence electrons. The van der Waals surface area contributed by atoms with E-state index in [4.69, 9.17) is 4.98 Å². The predicted molar refractivity (Wildman–Crippen MR) is 119 cm³/mol. The van der Waals surface area contributed by atoms with Crippen molar-refractivity contribution >= 4 is 23.6 Å². The molecule has 1 amide bonds. The van der Waals surface area contributed by atoms with Crippen LogP contribution in [-0.2, 0) is 6.54 Å². The molecule has 32 heavy (non-hydrogen) atoms. The van der Waals surface area contributed by atoms with Crippen molar-refractivity contribution in [3.8, 4) is 22.8 Å². The largest absolute Gasteiger partial charge is 0.478 e. The van der Waals surface area contributed by atoms with Gasteiger partial charge in [0, 0.05) is 28.1 Å². The summed E-state index contributed by atoms with van der Waals surface area (Å²) in [6.45, 7) is 1.16. The van der Waals surface area contributed by atoms with E-state index in [-0.39, 0.29) is 11.5 Å². The van der Waals surface area contributed by atoms with Gasteiger partial charge < -0.3 is 10.4 Å². The summed E-state index contributed by atoms with van der Waals surface area (Å²) in [6, 6.07) is 17.9. The van der Waals surface area contributed by atoms with Crippen LogP contribution in [0.5, 0.6) is 0 Å². The average molecular weight is 443 g/mol. The van der Waals surface area contributed by atoms with E-state index in [9.17, 15) is 14.7 Å². The van der Waals surface area contributed by atoms with Gasteiger partial charge >= 0.3 is 5.97 Å². The van der Waals surface area contributed by atoms with Gasteiger partial charge in [-0.1, -0.05) is 42.1 Å². The van der Waals surface area contributed by atoms with Crippen molar-refractivity contribution in [1.29, 1.82) is 0 Å². The number of rotatable bonds is 5. The number of amides is 1. The number of aromatic nitrogens is 4. The zero-order valence-electron chi connectivity index (χ0n) is 16.7. The first-order chi connectivity index (χ1) is 15.6. The summed E-state index contributed by atoms with van der Waals surface area (Å²) in [6.07, 6.45) is 1.66. The number of benzene rings is 2. The highest BCUT2D eigenvalue weighted by atomic mass is 32.2. The second-order valence-corrected chi connectivity index (χ2v) is 8.14. The summed E-state index contributed by atoms with van der Waals surface area (Å²) in [5.41, 5.74) is 2.73. The lowest BCUT2D eigenvalue weighted by atomic mass is 10.2. The molecule has 0 aliphatic carbocycles. The molecular formula is C23H17N5O3S. The normalized spacial score (nSPS) is 12.8. The van der Waals surface area contributed by atoms with Gasteiger partial charge in [-0.15, -0.1) is 0 Å². The molecule has 2 N–H and O–H groups in total. The maximum Gasteiger partial charge on any atom is 0.336 e. The Bertz CT molecular complexity index is 1350. The lowest BCUT2D eigenvalue weighted by molar-refractivity contribution is 0.0692. The molecule has 5 rings (SSSR count). The minimum Gasteiger partial charge on any atom is -0.478 e. The van der Waals surface area contributed by atoms with E-state index < -0.39 is 5.97 Å². The van der Waals surface area contributed by atoms with Gasteiger partial charge in [0.15, 0.2) is 5.82 Å². The highest BCUT2D eigenvalue weighted by Crippen LogP contribution is 2.36. The van der Waals surface area contributed by atoms with E-state index in [1.807, 2.05) is 30.3 Å². The topological polar surface area (TPSA) is 110 Å². The smallest absolute Gasteiger partial charge is 0.336 e. The number of nitrogens with one attached hydrogen (secondary N) is 1. The first-order valence-electron chi connectivity index (χ1n) is 9.89. The van der Waals surface area contributed by atoms with E-state index in [1.165, 1.54) is 11.8 Å². The monoisotopic (exact) mass is 443 g/mol. The Kier molecular flexibility index (Phi) is 5.16. The van der Waals surface area contributed by atoms with Crippen LogP contribution in [0.25, 0.3) is 22.8 Å². The minimum atomic E-state index is -0.975. The van der Waals surface area contributed by atoms with Gasteiger partial charge in [-0.25, -0.2) is 14.8 Å². The predicted octanol–water partition coefficient (Wildman–Crippen LogP) is 3.60. The molecule has 4 aromatic rings. The number of carbonyl (C=O) groups excluding carboxylic acids is 1. The third kappa shape index (κ3) is 3.74. The third-order valence-electron chi connectivity index (χ3n) is 5.01. The van der Waals surface area contributed by atoms with Crippen LogP contribution in [0.1, 0.15) is 20.8 Å². The van der Waals surface area contributed by atoms with Crippen molar-refractivity contribution in [2.75, 3.05) is 6.54 Å². The molecule has 2 aromatic heterocycles. The second kappa shape index (κ2) is 8.27. The molecule has 0 bridgehead atoms. The Balaban J connectivity index is 1.52. The summed E-state index contributed by atoms with van der Waals surface area (Å²) in [5, 5.41) is 16.8. The average Bonchev–Trinajstić information content (AvgIpc) is 3.26. The Morgan fingerprint density at radius 3 is 2.62 bits per heavy atom. The summed E-state index contributed by atoms with van der Waals surface area (Å²) in [4.78, 5) is 34.3. The van der Waals surface area contributed by atoms with Crippen LogP contribution in [0.2, 0.25) is 0 Å². The quantitative estimate of drug-likeness (QED) is 0.485. The highest BCUT2D eigenvalue weighted by Gasteiger charge is 2.21. The molecular weight excluding hydrogens is 426 g/mol. The first-order valence-corrected chi connectivity index (χ1v) is 10.7. The standard InChI is InChI=1S/C23H17N5O3S/c29-22-18-13-17(27-28(18)12-11-25-22)16-9-10-24-21(26-16)14-5-1-3-7-19(14)32-20-8-4-2-6-15(20)23(30)31/h1-10,13H,11-12H2,(H,25,29)(H,30,31). The zero-order chi connectivity index (χ0) is 22.1. The Hall–Kier alpha value is -3.98. The molecule has 3 heterocycles. The van der Waals surface area contributed by atoms with Gasteiger partial charge in [0.2, 0.25) is 0 Å². The van der Waals surface area contributed by atoms with Gasteiger partial charge in [-0.05, 0) is 30.3 Å². The van der Waals surface area contributed by atoms with Crippen LogP contribution in [0.3, 0.4) is 0 Å². The van der Waals surface area contributed by atoms with Crippen LogP contribution in [0, 0.1) is 0 Å². The van der Waals surface area contributed by atoms with E-state index in [0.29, 0.717) is 40.9 Å². The summed E-state index contributed by atoms with van der Waals surface area (Å²) in [5.74, 6) is -0.631. The maximum atomic E-state index is 12.1.